The summed E-state index contributed by atoms with van der Waals surface area (Å²) in [5, 5.41) is 10.5. The van der Waals surface area contributed by atoms with E-state index in [1.165, 1.54) is 0 Å². The van der Waals surface area contributed by atoms with Crippen molar-refractivity contribution in [2.75, 3.05) is 19.6 Å². The standard InChI is InChI=1S/C14H23NO2/c1-12(2)11-15-7-5-14(16,6-8-15)10-13-4-3-9-17-13/h3-4,9,12,16H,5-8,10-11H2,1-2H3. The van der Waals surface area contributed by atoms with Gasteiger partial charge in [-0.15, -0.1) is 0 Å². The van der Waals surface area contributed by atoms with Gasteiger partial charge in [0.1, 0.15) is 5.76 Å². The molecule has 96 valence electrons. The van der Waals surface area contributed by atoms with Crippen LogP contribution in [0, 0.1) is 5.92 Å². The lowest BCUT2D eigenvalue weighted by Crippen LogP contribution is -2.46. The molecule has 0 spiro atoms. The van der Waals surface area contributed by atoms with Crippen LogP contribution < -0.4 is 0 Å². The summed E-state index contributed by atoms with van der Waals surface area (Å²) in [6, 6.07) is 3.82. The van der Waals surface area contributed by atoms with Crippen LogP contribution in [0.25, 0.3) is 0 Å². The van der Waals surface area contributed by atoms with E-state index in [0.29, 0.717) is 12.3 Å². The number of nitrogens with zero attached hydrogens (tertiary/aromatic N) is 1. The Morgan fingerprint density at radius 2 is 2.12 bits per heavy atom. The van der Waals surface area contributed by atoms with Gasteiger partial charge in [0.2, 0.25) is 0 Å². The molecule has 1 N–H and O–H groups in total. The van der Waals surface area contributed by atoms with Gasteiger partial charge in [0.25, 0.3) is 0 Å². The monoisotopic (exact) mass is 237 g/mol. The van der Waals surface area contributed by atoms with Gasteiger partial charge in [-0.1, -0.05) is 13.8 Å². The zero-order chi connectivity index (χ0) is 12.3. The Balaban J connectivity index is 1.84. The van der Waals surface area contributed by atoms with Crippen LogP contribution in [-0.4, -0.2) is 35.2 Å². The average molecular weight is 237 g/mol. The molecule has 2 rings (SSSR count). The van der Waals surface area contributed by atoms with Crippen molar-refractivity contribution in [3.63, 3.8) is 0 Å². The Kier molecular flexibility index (Phi) is 3.89. The van der Waals surface area contributed by atoms with Crippen LogP contribution in [0.3, 0.4) is 0 Å². The molecule has 3 heteroatoms. The molecular weight excluding hydrogens is 214 g/mol. The van der Waals surface area contributed by atoms with Crippen LogP contribution in [0.2, 0.25) is 0 Å². The highest BCUT2D eigenvalue weighted by molar-refractivity contribution is 5.04. The third-order valence-corrected chi connectivity index (χ3v) is 3.49. The van der Waals surface area contributed by atoms with Crippen LogP contribution in [0.1, 0.15) is 32.4 Å². The van der Waals surface area contributed by atoms with Gasteiger partial charge in [0.15, 0.2) is 0 Å². The maximum Gasteiger partial charge on any atom is 0.106 e. The van der Waals surface area contributed by atoms with E-state index >= 15 is 0 Å². The molecule has 1 fully saturated rings. The second-order valence-electron chi connectivity index (χ2n) is 5.67. The minimum Gasteiger partial charge on any atom is -0.469 e. The molecule has 17 heavy (non-hydrogen) atoms. The van der Waals surface area contributed by atoms with Gasteiger partial charge in [-0.3, -0.25) is 0 Å². The second-order valence-corrected chi connectivity index (χ2v) is 5.67. The maximum atomic E-state index is 10.5. The molecular formula is C14H23NO2. The lowest BCUT2D eigenvalue weighted by atomic mass is 9.87. The highest BCUT2D eigenvalue weighted by Crippen LogP contribution is 2.26. The number of aliphatic hydroxyl groups is 1. The summed E-state index contributed by atoms with van der Waals surface area (Å²) < 4.78 is 5.32. The van der Waals surface area contributed by atoms with Gasteiger partial charge in [0.05, 0.1) is 11.9 Å². The number of piperidine rings is 1. The zero-order valence-corrected chi connectivity index (χ0v) is 10.9. The van der Waals surface area contributed by atoms with Crippen LogP contribution in [0.5, 0.6) is 0 Å². The van der Waals surface area contributed by atoms with Gasteiger partial charge >= 0.3 is 0 Å². The van der Waals surface area contributed by atoms with Gasteiger partial charge in [-0.05, 0) is 30.9 Å². The smallest absolute Gasteiger partial charge is 0.106 e. The molecule has 0 aromatic carbocycles. The van der Waals surface area contributed by atoms with Crippen molar-refractivity contribution in [1.82, 2.24) is 4.90 Å². The van der Waals surface area contributed by atoms with E-state index in [1.807, 2.05) is 12.1 Å². The van der Waals surface area contributed by atoms with Crippen molar-refractivity contribution in [2.24, 2.45) is 5.92 Å². The van der Waals surface area contributed by atoms with Crippen molar-refractivity contribution >= 4 is 0 Å². The Morgan fingerprint density at radius 1 is 1.41 bits per heavy atom. The summed E-state index contributed by atoms with van der Waals surface area (Å²) in [5.74, 6) is 1.59. The molecule has 2 heterocycles. The van der Waals surface area contributed by atoms with Crippen LogP contribution >= 0.6 is 0 Å². The minimum absolute atomic E-state index is 0.564. The second kappa shape index (κ2) is 5.23. The van der Waals surface area contributed by atoms with E-state index in [9.17, 15) is 5.11 Å². The molecule has 0 saturated carbocycles. The number of furan rings is 1. The van der Waals surface area contributed by atoms with Gasteiger partial charge < -0.3 is 14.4 Å². The molecule has 1 aromatic heterocycles. The van der Waals surface area contributed by atoms with E-state index in [1.54, 1.807) is 6.26 Å². The number of rotatable bonds is 4. The van der Waals surface area contributed by atoms with Crippen molar-refractivity contribution in [3.05, 3.63) is 24.2 Å². The first kappa shape index (κ1) is 12.7. The first-order chi connectivity index (χ1) is 8.07. The first-order valence-electron chi connectivity index (χ1n) is 6.54. The fourth-order valence-corrected chi connectivity index (χ4v) is 2.58. The fraction of sp³-hybridized carbons (Fsp3) is 0.714. The summed E-state index contributed by atoms with van der Waals surface area (Å²) in [5.41, 5.74) is -0.564. The SMILES string of the molecule is CC(C)CN1CCC(O)(Cc2ccco2)CC1. The summed E-state index contributed by atoms with van der Waals surface area (Å²) in [4.78, 5) is 2.45. The van der Waals surface area contributed by atoms with E-state index in [4.69, 9.17) is 4.42 Å². The van der Waals surface area contributed by atoms with E-state index < -0.39 is 5.60 Å². The summed E-state index contributed by atoms with van der Waals surface area (Å²) in [6.07, 6.45) is 4.02. The van der Waals surface area contributed by atoms with Crippen molar-refractivity contribution < 1.29 is 9.52 Å². The topological polar surface area (TPSA) is 36.6 Å². The molecule has 3 nitrogen and oxygen atoms in total. The predicted molar refractivity (Wildman–Crippen MR) is 67.9 cm³/mol. The van der Waals surface area contributed by atoms with Gasteiger partial charge in [-0.2, -0.15) is 0 Å². The normalized spacial score (nSPS) is 20.9. The highest BCUT2D eigenvalue weighted by Gasteiger charge is 2.33. The Morgan fingerprint density at radius 3 is 2.65 bits per heavy atom. The highest BCUT2D eigenvalue weighted by atomic mass is 16.3. The predicted octanol–water partition coefficient (Wildman–Crippen LogP) is 2.31. The van der Waals surface area contributed by atoms with Gasteiger partial charge in [-0.25, -0.2) is 0 Å². The molecule has 0 radical (unpaired) electrons. The Labute approximate surface area is 103 Å². The summed E-state index contributed by atoms with van der Waals surface area (Å²) in [7, 11) is 0. The zero-order valence-electron chi connectivity index (χ0n) is 10.9. The Hall–Kier alpha value is -0.800. The lowest BCUT2D eigenvalue weighted by molar-refractivity contribution is -0.0259. The maximum absolute atomic E-state index is 10.5. The van der Waals surface area contributed by atoms with E-state index in [-0.39, 0.29) is 0 Å². The average Bonchev–Trinajstić information content (AvgIpc) is 2.74. The molecule has 0 atom stereocenters. The molecule has 1 aliphatic rings. The molecule has 1 aliphatic heterocycles. The van der Waals surface area contributed by atoms with Crippen molar-refractivity contribution in [1.29, 1.82) is 0 Å². The van der Waals surface area contributed by atoms with Crippen molar-refractivity contribution in [2.45, 2.75) is 38.7 Å². The van der Waals surface area contributed by atoms with E-state index in [2.05, 4.69) is 18.7 Å². The van der Waals surface area contributed by atoms with Crippen molar-refractivity contribution in [3.8, 4) is 0 Å². The first-order valence-corrected chi connectivity index (χ1v) is 6.54. The van der Waals surface area contributed by atoms with Gasteiger partial charge in [0, 0.05) is 26.1 Å². The summed E-state index contributed by atoms with van der Waals surface area (Å²) in [6.45, 7) is 7.61. The molecule has 0 bridgehead atoms. The Bertz CT molecular complexity index is 324. The van der Waals surface area contributed by atoms with Crippen LogP contribution in [-0.2, 0) is 6.42 Å². The summed E-state index contributed by atoms with van der Waals surface area (Å²) >= 11 is 0. The quantitative estimate of drug-likeness (QED) is 0.873. The largest absolute Gasteiger partial charge is 0.469 e. The van der Waals surface area contributed by atoms with E-state index in [0.717, 1.165) is 38.2 Å². The lowest BCUT2D eigenvalue weighted by Gasteiger charge is -2.38. The van der Waals surface area contributed by atoms with Crippen LogP contribution in [0.15, 0.2) is 22.8 Å². The molecule has 1 aromatic rings. The minimum atomic E-state index is -0.564. The molecule has 1 saturated heterocycles. The molecule has 0 amide bonds. The third kappa shape index (κ3) is 3.58. The number of hydrogen-bond donors (Lipinski definition) is 1. The van der Waals surface area contributed by atoms with Crippen LogP contribution in [0.4, 0.5) is 0 Å². The molecule has 0 aliphatic carbocycles. The molecule has 0 unspecified atom stereocenters. The third-order valence-electron chi connectivity index (χ3n) is 3.49. The number of hydrogen-bond acceptors (Lipinski definition) is 3. The fourth-order valence-electron chi connectivity index (χ4n) is 2.58. The number of likely N-dealkylation sites (tertiary alicyclic amines) is 1.